The summed E-state index contributed by atoms with van der Waals surface area (Å²) in [7, 11) is -4.35. The van der Waals surface area contributed by atoms with Gasteiger partial charge in [0.1, 0.15) is 0 Å². The Morgan fingerprint density at radius 3 is 2.20 bits per heavy atom. The molecule has 15 heavy (non-hydrogen) atoms. The summed E-state index contributed by atoms with van der Waals surface area (Å²) >= 11 is 0. The van der Waals surface area contributed by atoms with Crippen LogP contribution >= 0.6 is 7.60 Å². The lowest BCUT2D eigenvalue weighted by Gasteiger charge is -2.28. The standard InChI is InChI=1S/C5H8F3NO5P/c6-5(7,8)4(10)9(11)2-1-3-15(12,13)14/h1-3H2,(H2,12,13,14)/q-1. The van der Waals surface area contributed by atoms with Crippen molar-refractivity contribution in [3.05, 3.63) is 5.21 Å². The summed E-state index contributed by atoms with van der Waals surface area (Å²) in [6, 6.07) is 0. The lowest BCUT2D eigenvalue weighted by molar-refractivity contribution is -0.182. The van der Waals surface area contributed by atoms with Crippen LogP contribution in [0.1, 0.15) is 6.42 Å². The van der Waals surface area contributed by atoms with E-state index in [0.717, 1.165) is 0 Å². The quantitative estimate of drug-likeness (QED) is 0.557. The van der Waals surface area contributed by atoms with Crippen LogP contribution in [-0.2, 0) is 9.36 Å². The van der Waals surface area contributed by atoms with Gasteiger partial charge in [0.05, 0.1) is 6.16 Å². The van der Waals surface area contributed by atoms with Crippen molar-refractivity contribution >= 4 is 13.5 Å². The van der Waals surface area contributed by atoms with E-state index in [-0.39, 0.29) is 0 Å². The first kappa shape index (κ1) is 14.4. The summed E-state index contributed by atoms with van der Waals surface area (Å²) in [5.74, 6) is -2.58. The average molecular weight is 250 g/mol. The molecule has 0 spiro atoms. The molecule has 2 N–H and O–H groups in total. The van der Waals surface area contributed by atoms with Gasteiger partial charge in [-0.2, -0.15) is 13.2 Å². The molecule has 0 aromatic rings. The molecule has 0 aliphatic carbocycles. The second-order valence-electron chi connectivity index (χ2n) is 2.65. The maximum Gasteiger partial charge on any atom is 0.470 e. The highest BCUT2D eigenvalue weighted by Gasteiger charge is 2.39. The van der Waals surface area contributed by atoms with Crippen LogP contribution in [0.15, 0.2) is 0 Å². The third kappa shape index (κ3) is 6.45. The van der Waals surface area contributed by atoms with Crippen molar-refractivity contribution in [1.82, 2.24) is 5.06 Å². The maximum absolute atomic E-state index is 11.6. The van der Waals surface area contributed by atoms with Crippen LogP contribution in [0.25, 0.3) is 0 Å². The highest BCUT2D eigenvalue weighted by Crippen LogP contribution is 2.34. The van der Waals surface area contributed by atoms with Gasteiger partial charge in [0, 0.05) is 6.54 Å². The van der Waals surface area contributed by atoms with Crippen LogP contribution in [0.4, 0.5) is 13.2 Å². The van der Waals surface area contributed by atoms with Crippen LogP contribution in [-0.4, -0.2) is 39.6 Å². The Kier molecular flexibility index (Phi) is 4.72. The van der Waals surface area contributed by atoms with Gasteiger partial charge in [0.15, 0.2) is 0 Å². The normalized spacial score (nSPS) is 12.7. The number of carbonyl (C=O) groups excluding carboxylic acids is 1. The third-order valence-electron chi connectivity index (χ3n) is 1.28. The van der Waals surface area contributed by atoms with E-state index in [1.807, 2.05) is 0 Å². The second kappa shape index (κ2) is 4.93. The van der Waals surface area contributed by atoms with E-state index < -0.39 is 43.9 Å². The molecule has 10 heteroatoms. The van der Waals surface area contributed by atoms with Crippen molar-refractivity contribution in [2.45, 2.75) is 12.6 Å². The van der Waals surface area contributed by atoms with Gasteiger partial charge >= 0.3 is 19.7 Å². The van der Waals surface area contributed by atoms with Crippen molar-refractivity contribution in [3.8, 4) is 0 Å². The molecule has 0 aliphatic heterocycles. The molecule has 1 amide bonds. The third-order valence-corrected chi connectivity index (χ3v) is 2.18. The highest BCUT2D eigenvalue weighted by atomic mass is 31.2. The Bertz CT molecular complexity index is 274. The second-order valence-corrected chi connectivity index (χ2v) is 4.42. The fourth-order valence-corrected chi connectivity index (χ4v) is 1.22. The van der Waals surface area contributed by atoms with E-state index in [4.69, 9.17) is 9.79 Å². The van der Waals surface area contributed by atoms with Gasteiger partial charge in [-0.3, -0.25) is 9.36 Å². The number of hydroxylamine groups is 2. The zero-order chi connectivity index (χ0) is 12.3. The zero-order valence-corrected chi connectivity index (χ0v) is 8.16. The first-order chi connectivity index (χ1) is 6.54. The molecule has 0 radical (unpaired) electrons. The molecule has 0 atom stereocenters. The molecule has 0 unspecified atom stereocenters. The van der Waals surface area contributed by atoms with E-state index in [1.165, 1.54) is 0 Å². The molecule has 0 aromatic heterocycles. The Labute approximate surface area is 82.4 Å². The summed E-state index contributed by atoms with van der Waals surface area (Å²) in [6.45, 7) is -0.899. The van der Waals surface area contributed by atoms with E-state index in [2.05, 4.69) is 0 Å². The van der Waals surface area contributed by atoms with Gasteiger partial charge in [-0.25, -0.2) is 0 Å². The van der Waals surface area contributed by atoms with Crippen molar-refractivity contribution in [3.63, 3.8) is 0 Å². The van der Waals surface area contributed by atoms with E-state index in [9.17, 15) is 27.7 Å². The molecular weight excluding hydrogens is 242 g/mol. The number of nitrogens with zero attached hydrogens (tertiary/aromatic N) is 1. The molecule has 0 heterocycles. The monoisotopic (exact) mass is 250 g/mol. The van der Waals surface area contributed by atoms with Crippen molar-refractivity contribution in [1.29, 1.82) is 0 Å². The first-order valence-corrected chi connectivity index (χ1v) is 5.44. The van der Waals surface area contributed by atoms with Crippen molar-refractivity contribution < 1.29 is 32.3 Å². The number of hydrogen-bond acceptors (Lipinski definition) is 3. The minimum Gasteiger partial charge on any atom is -0.756 e. The van der Waals surface area contributed by atoms with Gasteiger partial charge in [-0.1, -0.05) is 0 Å². The number of carbonyl (C=O) groups is 1. The van der Waals surface area contributed by atoms with E-state index in [1.54, 1.807) is 0 Å². The average Bonchev–Trinajstić information content (AvgIpc) is 1.98. The summed E-state index contributed by atoms with van der Waals surface area (Å²) in [5, 5.41) is 9.60. The molecule has 90 valence electrons. The van der Waals surface area contributed by atoms with Gasteiger partial charge in [0.2, 0.25) is 0 Å². The van der Waals surface area contributed by atoms with E-state index in [0.29, 0.717) is 0 Å². The highest BCUT2D eigenvalue weighted by molar-refractivity contribution is 7.51. The lowest BCUT2D eigenvalue weighted by atomic mass is 10.4. The molecule has 0 aliphatic rings. The number of hydrogen-bond donors (Lipinski definition) is 2. The topological polar surface area (TPSA) is 101 Å². The molecular formula is C5H8F3NO5P-. The van der Waals surface area contributed by atoms with Crippen LogP contribution in [0.3, 0.4) is 0 Å². The fraction of sp³-hybridized carbons (Fsp3) is 0.800. The first-order valence-electron chi connectivity index (χ1n) is 3.64. The SMILES string of the molecule is O=C(N([O-])CCCP(=O)(O)O)C(F)(F)F. The van der Waals surface area contributed by atoms with Crippen molar-refractivity contribution in [2.24, 2.45) is 0 Å². The number of rotatable bonds is 4. The molecule has 0 saturated heterocycles. The number of halogens is 3. The molecule has 0 aromatic carbocycles. The molecule has 0 bridgehead atoms. The van der Waals surface area contributed by atoms with E-state index >= 15 is 0 Å². The Balaban J connectivity index is 4.01. The van der Waals surface area contributed by atoms with Crippen LogP contribution in [0.5, 0.6) is 0 Å². The van der Waals surface area contributed by atoms with Gasteiger partial charge in [-0.05, 0) is 6.42 Å². The fourth-order valence-electron chi connectivity index (χ4n) is 0.663. The Morgan fingerprint density at radius 2 is 1.87 bits per heavy atom. The van der Waals surface area contributed by atoms with Gasteiger partial charge in [0.25, 0.3) is 0 Å². The van der Waals surface area contributed by atoms with Crippen LogP contribution in [0.2, 0.25) is 0 Å². The largest absolute Gasteiger partial charge is 0.756 e. The summed E-state index contributed by atoms with van der Waals surface area (Å²) in [4.78, 5) is 26.8. The Morgan fingerprint density at radius 1 is 1.40 bits per heavy atom. The lowest BCUT2D eigenvalue weighted by Crippen LogP contribution is -2.38. The minimum absolute atomic E-state index is 0.490. The van der Waals surface area contributed by atoms with Crippen LogP contribution < -0.4 is 0 Å². The molecule has 0 saturated carbocycles. The van der Waals surface area contributed by atoms with Crippen LogP contribution in [0, 0.1) is 5.21 Å². The van der Waals surface area contributed by atoms with Gasteiger partial charge < -0.3 is 20.1 Å². The zero-order valence-electron chi connectivity index (χ0n) is 7.27. The summed E-state index contributed by atoms with van der Waals surface area (Å²) in [5.41, 5.74) is 0. The Hall–Kier alpha value is -0.630. The smallest absolute Gasteiger partial charge is 0.470 e. The summed E-state index contributed by atoms with van der Waals surface area (Å²) < 4.78 is 45.1. The summed E-state index contributed by atoms with van der Waals surface area (Å²) in [6.07, 6.45) is -6.49. The maximum atomic E-state index is 11.6. The number of alkyl halides is 3. The van der Waals surface area contributed by atoms with Crippen molar-refractivity contribution in [2.75, 3.05) is 12.7 Å². The predicted molar refractivity (Wildman–Crippen MR) is 42.7 cm³/mol. The minimum atomic E-state index is -5.26. The molecule has 0 fully saturated rings. The predicted octanol–water partition coefficient (Wildman–Crippen LogP) is 0.443. The number of amides is 1. The molecule has 6 nitrogen and oxygen atoms in total. The molecule has 0 rings (SSSR count). The van der Waals surface area contributed by atoms with Gasteiger partial charge in [-0.15, -0.1) is 0 Å².